The van der Waals surface area contributed by atoms with Crippen molar-refractivity contribution in [3.05, 3.63) is 63.7 Å². The topological polar surface area (TPSA) is 88.2 Å². The van der Waals surface area contributed by atoms with Crippen molar-refractivity contribution in [1.29, 1.82) is 0 Å². The Hall–Kier alpha value is -3.00. The van der Waals surface area contributed by atoms with Gasteiger partial charge in [0.1, 0.15) is 22.3 Å². The van der Waals surface area contributed by atoms with Crippen LogP contribution in [0.2, 0.25) is 0 Å². The molecule has 2 aromatic heterocycles. The molecule has 156 valence electrons. The first-order valence-electron chi connectivity index (χ1n) is 10.0. The Kier molecular flexibility index (Phi) is 5.94. The highest BCUT2D eigenvalue weighted by molar-refractivity contribution is 7.13. The number of amides is 1. The summed E-state index contributed by atoms with van der Waals surface area (Å²) in [7, 11) is 0. The van der Waals surface area contributed by atoms with Gasteiger partial charge in [-0.2, -0.15) is 0 Å². The minimum Gasteiger partial charge on any atom is -0.481 e. The highest BCUT2D eigenvalue weighted by atomic mass is 32.1. The van der Waals surface area contributed by atoms with Gasteiger partial charge >= 0.3 is 0 Å². The number of benzene rings is 1. The number of carbonyl (C=O) groups is 1. The van der Waals surface area contributed by atoms with E-state index < -0.39 is 6.10 Å². The summed E-state index contributed by atoms with van der Waals surface area (Å²) in [4.78, 5) is 38.5. The van der Waals surface area contributed by atoms with Gasteiger partial charge in [0.05, 0.1) is 0 Å². The molecule has 7 nitrogen and oxygen atoms in total. The summed E-state index contributed by atoms with van der Waals surface area (Å²) >= 11 is 1.46. The zero-order valence-corrected chi connectivity index (χ0v) is 17.8. The van der Waals surface area contributed by atoms with Gasteiger partial charge in [0.2, 0.25) is 0 Å². The van der Waals surface area contributed by atoms with Gasteiger partial charge < -0.3 is 14.6 Å². The van der Waals surface area contributed by atoms with Crippen molar-refractivity contribution in [2.24, 2.45) is 0 Å². The van der Waals surface area contributed by atoms with E-state index in [1.54, 1.807) is 13.1 Å². The quantitative estimate of drug-likeness (QED) is 0.678. The number of rotatable bonds is 5. The lowest BCUT2D eigenvalue weighted by Gasteiger charge is -2.33. The SMILES string of the molecule is Cc1ccc(O[C@@H](C)C(=O)N2CCC(c3nc(-c4nccs4)cc(=O)[nH]3)CC2)cc1. The molecule has 3 heterocycles. The second-order valence-corrected chi connectivity index (χ2v) is 8.42. The number of hydrogen-bond donors (Lipinski definition) is 1. The zero-order chi connectivity index (χ0) is 21.1. The first kappa shape index (κ1) is 20.3. The third-order valence-corrected chi connectivity index (χ3v) is 6.08. The van der Waals surface area contributed by atoms with Gasteiger partial charge in [-0.05, 0) is 38.8 Å². The molecule has 0 unspecified atom stereocenters. The van der Waals surface area contributed by atoms with E-state index in [2.05, 4.69) is 15.0 Å². The molecule has 30 heavy (non-hydrogen) atoms. The lowest BCUT2D eigenvalue weighted by atomic mass is 9.95. The highest BCUT2D eigenvalue weighted by Crippen LogP contribution is 2.27. The molecule has 3 aromatic rings. The molecule has 1 saturated heterocycles. The Bertz CT molecular complexity index is 1050. The largest absolute Gasteiger partial charge is 0.481 e. The summed E-state index contributed by atoms with van der Waals surface area (Å²) in [6.07, 6.45) is 2.64. The van der Waals surface area contributed by atoms with E-state index in [0.717, 1.165) is 23.4 Å². The molecule has 1 aromatic carbocycles. The van der Waals surface area contributed by atoms with Crippen LogP contribution < -0.4 is 10.3 Å². The molecule has 4 rings (SSSR count). The maximum Gasteiger partial charge on any atom is 0.263 e. The zero-order valence-electron chi connectivity index (χ0n) is 17.0. The number of aromatic nitrogens is 3. The van der Waals surface area contributed by atoms with Crippen molar-refractivity contribution in [2.75, 3.05) is 13.1 Å². The van der Waals surface area contributed by atoms with Crippen LogP contribution in [0.3, 0.4) is 0 Å². The van der Waals surface area contributed by atoms with E-state index in [1.807, 2.05) is 41.5 Å². The molecule has 1 atom stereocenters. The Labute approximate surface area is 178 Å². The van der Waals surface area contributed by atoms with E-state index in [4.69, 9.17) is 4.74 Å². The fourth-order valence-corrected chi connectivity index (χ4v) is 4.23. The summed E-state index contributed by atoms with van der Waals surface area (Å²) in [5.74, 6) is 1.45. The molecule has 0 spiro atoms. The Morgan fingerprint density at radius 3 is 2.67 bits per heavy atom. The van der Waals surface area contributed by atoms with Crippen molar-refractivity contribution < 1.29 is 9.53 Å². The standard InChI is InChI=1S/C22H24N4O3S/c1-14-3-5-17(6-4-14)29-15(2)22(28)26-10-7-16(8-11-26)20-24-18(13-19(27)25-20)21-23-9-12-30-21/h3-6,9,12-13,15-16H,7-8,10-11H2,1-2H3,(H,24,25,27)/t15-/m0/s1. The number of nitrogens with zero attached hydrogens (tertiary/aromatic N) is 3. The fraction of sp³-hybridized carbons (Fsp3) is 0.364. The van der Waals surface area contributed by atoms with Gasteiger partial charge in [0, 0.05) is 36.7 Å². The Balaban J connectivity index is 1.38. The molecular formula is C22H24N4O3S. The molecule has 0 bridgehead atoms. The van der Waals surface area contributed by atoms with Gasteiger partial charge in [-0.1, -0.05) is 17.7 Å². The van der Waals surface area contributed by atoms with Gasteiger partial charge in [-0.25, -0.2) is 9.97 Å². The van der Waals surface area contributed by atoms with Crippen LogP contribution in [0.5, 0.6) is 5.75 Å². The fourth-order valence-electron chi connectivity index (χ4n) is 3.63. The number of hydrogen-bond acceptors (Lipinski definition) is 6. The molecule has 1 aliphatic heterocycles. The molecular weight excluding hydrogens is 400 g/mol. The number of aromatic amines is 1. The van der Waals surface area contributed by atoms with Crippen LogP contribution in [-0.4, -0.2) is 45.0 Å². The summed E-state index contributed by atoms with van der Waals surface area (Å²) in [6.45, 7) is 5.01. The van der Waals surface area contributed by atoms with Gasteiger partial charge in [0.25, 0.3) is 11.5 Å². The number of H-pyrrole nitrogens is 1. The summed E-state index contributed by atoms with van der Waals surface area (Å²) in [5.41, 5.74) is 1.57. The van der Waals surface area contributed by atoms with Crippen LogP contribution in [0, 0.1) is 6.92 Å². The van der Waals surface area contributed by atoms with Crippen molar-refractivity contribution in [3.8, 4) is 16.5 Å². The second kappa shape index (κ2) is 8.79. The molecule has 1 amide bonds. The third-order valence-electron chi connectivity index (χ3n) is 5.29. The lowest BCUT2D eigenvalue weighted by molar-refractivity contribution is -0.139. The molecule has 0 aliphatic carbocycles. The maximum atomic E-state index is 12.8. The third kappa shape index (κ3) is 4.59. The van der Waals surface area contributed by atoms with E-state index in [9.17, 15) is 9.59 Å². The maximum absolute atomic E-state index is 12.8. The van der Waals surface area contributed by atoms with E-state index in [1.165, 1.54) is 17.4 Å². The minimum atomic E-state index is -0.546. The number of aryl methyl sites for hydroxylation is 1. The molecule has 1 fully saturated rings. The van der Waals surface area contributed by atoms with Crippen molar-refractivity contribution in [3.63, 3.8) is 0 Å². The molecule has 0 radical (unpaired) electrons. The average molecular weight is 425 g/mol. The normalized spacial score (nSPS) is 15.7. The number of piperidine rings is 1. The summed E-state index contributed by atoms with van der Waals surface area (Å²) in [6, 6.07) is 9.16. The average Bonchev–Trinajstić information content (AvgIpc) is 3.29. The minimum absolute atomic E-state index is 0.0213. The predicted octanol–water partition coefficient (Wildman–Crippen LogP) is 3.38. The summed E-state index contributed by atoms with van der Waals surface area (Å²) < 4.78 is 5.81. The molecule has 1 aliphatic rings. The van der Waals surface area contributed by atoms with E-state index in [0.29, 0.717) is 30.4 Å². The van der Waals surface area contributed by atoms with Gasteiger partial charge in [0.15, 0.2) is 6.10 Å². The lowest BCUT2D eigenvalue weighted by Crippen LogP contribution is -2.44. The molecule has 0 saturated carbocycles. The Morgan fingerprint density at radius 2 is 2.00 bits per heavy atom. The van der Waals surface area contributed by atoms with Crippen molar-refractivity contribution in [2.45, 2.75) is 38.7 Å². The first-order valence-corrected chi connectivity index (χ1v) is 10.9. The number of thiazole rings is 1. The number of ether oxygens (including phenoxy) is 1. The summed E-state index contributed by atoms with van der Waals surface area (Å²) in [5, 5.41) is 2.60. The highest BCUT2D eigenvalue weighted by Gasteiger charge is 2.29. The number of likely N-dealkylation sites (tertiary alicyclic amines) is 1. The molecule has 1 N–H and O–H groups in total. The predicted molar refractivity (Wildman–Crippen MR) is 116 cm³/mol. The van der Waals surface area contributed by atoms with Crippen LogP contribution in [0.25, 0.3) is 10.7 Å². The molecule has 8 heteroatoms. The van der Waals surface area contributed by atoms with Crippen molar-refractivity contribution >= 4 is 17.2 Å². The van der Waals surface area contributed by atoms with Gasteiger partial charge in [-0.3, -0.25) is 9.59 Å². The van der Waals surface area contributed by atoms with Crippen LogP contribution in [-0.2, 0) is 4.79 Å². The van der Waals surface area contributed by atoms with Crippen molar-refractivity contribution in [1.82, 2.24) is 19.9 Å². The van der Waals surface area contributed by atoms with E-state index >= 15 is 0 Å². The smallest absolute Gasteiger partial charge is 0.263 e. The van der Waals surface area contributed by atoms with Crippen LogP contribution in [0.4, 0.5) is 0 Å². The van der Waals surface area contributed by atoms with Crippen LogP contribution in [0.1, 0.15) is 37.1 Å². The number of carbonyl (C=O) groups excluding carboxylic acids is 1. The monoisotopic (exact) mass is 424 g/mol. The number of nitrogens with one attached hydrogen (secondary N) is 1. The second-order valence-electron chi connectivity index (χ2n) is 7.53. The Morgan fingerprint density at radius 1 is 1.27 bits per heavy atom. The van der Waals surface area contributed by atoms with Crippen LogP contribution in [0.15, 0.2) is 46.7 Å². The van der Waals surface area contributed by atoms with Crippen LogP contribution >= 0.6 is 11.3 Å². The van der Waals surface area contributed by atoms with Gasteiger partial charge in [-0.15, -0.1) is 11.3 Å². The van der Waals surface area contributed by atoms with E-state index in [-0.39, 0.29) is 17.4 Å². The first-order chi connectivity index (χ1) is 14.5.